The van der Waals surface area contributed by atoms with Crippen molar-refractivity contribution < 1.29 is 18.7 Å². The summed E-state index contributed by atoms with van der Waals surface area (Å²) in [5, 5.41) is 0. The zero-order valence-electron chi connectivity index (χ0n) is 14.9. The molecule has 2 aliphatic heterocycles. The van der Waals surface area contributed by atoms with Gasteiger partial charge >= 0.3 is 0 Å². The molecule has 0 unspecified atom stereocenters. The Bertz CT molecular complexity index is 777. The third-order valence-electron chi connectivity index (χ3n) is 5.37. The molecule has 4 rings (SSSR count). The van der Waals surface area contributed by atoms with Gasteiger partial charge in [0.1, 0.15) is 5.52 Å². The zero-order valence-corrected chi connectivity index (χ0v) is 14.9. The van der Waals surface area contributed by atoms with Crippen molar-refractivity contribution in [3.63, 3.8) is 0 Å². The Morgan fingerprint density at radius 2 is 2.00 bits per heavy atom. The van der Waals surface area contributed by atoms with Crippen LogP contribution in [0.2, 0.25) is 0 Å². The van der Waals surface area contributed by atoms with Crippen LogP contribution in [0.3, 0.4) is 0 Å². The topological polar surface area (TPSA) is 75.9 Å². The van der Waals surface area contributed by atoms with E-state index in [1.54, 1.807) is 7.11 Å². The zero-order chi connectivity index (χ0) is 18.1. The molecule has 26 heavy (non-hydrogen) atoms. The van der Waals surface area contributed by atoms with Crippen LogP contribution in [0, 0.1) is 0 Å². The summed E-state index contributed by atoms with van der Waals surface area (Å²) in [6, 6.07) is 7.45. The van der Waals surface area contributed by atoms with E-state index in [1.807, 2.05) is 24.3 Å². The van der Waals surface area contributed by atoms with Gasteiger partial charge in [-0.15, -0.1) is 0 Å². The summed E-state index contributed by atoms with van der Waals surface area (Å²) in [7, 11) is 1.57. The molecule has 7 nitrogen and oxygen atoms in total. The number of likely N-dealkylation sites (tertiary alicyclic amines) is 2. The van der Waals surface area contributed by atoms with Crippen LogP contribution in [0.1, 0.15) is 31.1 Å². The largest absolute Gasteiger partial charge is 0.440 e. The van der Waals surface area contributed by atoms with Crippen LogP contribution in [-0.2, 0) is 14.3 Å². The van der Waals surface area contributed by atoms with E-state index < -0.39 is 0 Å². The lowest BCUT2D eigenvalue weighted by Gasteiger charge is -2.33. The van der Waals surface area contributed by atoms with Gasteiger partial charge in [-0.25, -0.2) is 4.98 Å². The number of piperidine rings is 1. The second-order valence-corrected chi connectivity index (χ2v) is 6.93. The van der Waals surface area contributed by atoms with Crippen LogP contribution in [-0.4, -0.2) is 66.0 Å². The van der Waals surface area contributed by atoms with Crippen LogP contribution in [0.5, 0.6) is 0 Å². The molecule has 0 radical (unpaired) electrons. The number of imide groups is 1. The monoisotopic (exact) mass is 357 g/mol. The first-order valence-electron chi connectivity index (χ1n) is 9.10. The molecule has 2 amide bonds. The third kappa shape index (κ3) is 3.12. The van der Waals surface area contributed by atoms with Gasteiger partial charge < -0.3 is 9.15 Å². The van der Waals surface area contributed by atoms with Crippen molar-refractivity contribution in [1.82, 2.24) is 14.8 Å². The minimum absolute atomic E-state index is 0.0904. The third-order valence-corrected chi connectivity index (χ3v) is 5.37. The van der Waals surface area contributed by atoms with Gasteiger partial charge in [0.2, 0.25) is 11.8 Å². The number of rotatable bonds is 5. The van der Waals surface area contributed by atoms with Crippen molar-refractivity contribution in [3.8, 4) is 0 Å². The number of nitrogens with zero attached hydrogens (tertiary/aromatic N) is 3. The fraction of sp³-hybridized carbons (Fsp3) is 0.526. The molecule has 2 aromatic rings. The van der Waals surface area contributed by atoms with Gasteiger partial charge in [0.05, 0.1) is 25.6 Å². The van der Waals surface area contributed by atoms with Crippen molar-refractivity contribution in [2.75, 3.05) is 33.4 Å². The maximum absolute atomic E-state index is 12.6. The van der Waals surface area contributed by atoms with E-state index in [1.165, 1.54) is 4.90 Å². The normalized spacial score (nSPS) is 22.7. The van der Waals surface area contributed by atoms with Gasteiger partial charge in [0.25, 0.3) is 0 Å². The Kier molecular flexibility index (Phi) is 4.74. The van der Waals surface area contributed by atoms with Gasteiger partial charge in [-0.1, -0.05) is 12.1 Å². The van der Waals surface area contributed by atoms with E-state index in [-0.39, 0.29) is 30.2 Å². The van der Waals surface area contributed by atoms with E-state index in [0.717, 1.165) is 42.9 Å². The van der Waals surface area contributed by atoms with E-state index in [0.29, 0.717) is 13.2 Å². The highest BCUT2D eigenvalue weighted by Gasteiger charge is 2.42. The van der Waals surface area contributed by atoms with Crippen molar-refractivity contribution in [1.29, 1.82) is 0 Å². The Hall–Kier alpha value is -2.25. The molecule has 0 aliphatic carbocycles. The average Bonchev–Trinajstić information content (AvgIpc) is 3.21. The number of amides is 2. The fourth-order valence-electron chi connectivity index (χ4n) is 3.89. The number of hydrogen-bond acceptors (Lipinski definition) is 6. The minimum atomic E-state index is -0.330. The van der Waals surface area contributed by atoms with E-state index >= 15 is 0 Å². The molecule has 2 saturated heterocycles. The fourth-order valence-corrected chi connectivity index (χ4v) is 3.89. The Balaban J connectivity index is 1.39. The maximum Gasteiger partial charge on any atom is 0.247 e. The lowest BCUT2D eigenvalue weighted by atomic mass is 9.95. The molecule has 0 spiro atoms. The van der Waals surface area contributed by atoms with Crippen LogP contribution in [0.4, 0.5) is 0 Å². The molecule has 1 aromatic heterocycles. The van der Waals surface area contributed by atoms with Crippen molar-refractivity contribution in [3.05, 3.63) is 30.2 Å². The highest BCUT2D eigenvalue weighted by Crippen LogP contribution is 2.32. The quantitative estimate of drug-likeness (QED) is 0.760. The smallest absolute Gasteiger partial charge is 0.247 e. The van der Waals surface area contributed by atoms with Gasteiger partial charge in [0, 0.05) is 13.0 Å². The molecule has 0 N–H and O–H groups in total. The number of hydrogen-bond donors (Lipinski definition) is 0. The number of fused-ring (bicyclic) bond motifs is 1. The number of oxazole rings is 1. The summed E-state index contributed by atoms with van der Waals surface area (Å²) in [6.07, 6.45) is 2.03. The molecule has 2 aliphatic rings. The van der Waals surface area contributed by atoms with Crippen molar-refractivity contribution in [2.24, 2.45) is 0 Å². The SMILES string of the molecule is COCCN1C(=O)C[C@H](N2CCC(c3nc4ccccc4o3)CC2)C1=O. The summed E-state index contributed by atoms with van der Waals surface area (Å²) in [5.41, 5.74) is 1.70. The summed E-state index contributed by atoms with van der Waals surface area (Å²) < 4.78 is 10.9. The number of carbonyl (C=O) groups is 2. The molecule has 0 saturated carbocycles. The predicted molar refractivity (Wildman–Crippen MR) is 94.6 cm³/mol. The van der Waals surface area contributed by atoms with Crippen molar-refractivity contribution >= 4 is 22.9 Å². The van der Waals surface area contributed by atoms with Gasteiger partial charge in [-0.05, 0) is 38.1 Å². The second-order valence-electron chi connectivity index (χ2n) is 6.93. The molecule has 0 bridgehead atoms. The molecule has 1 aromatic carbocycles. The summed E-state index contributed by atoms with van der Waals surface area (Å²) in [5.74, 6) is 0.849. The lowest BCUT2D eigenvalue weighted by Crippen LogP contribution is -2.46. The summed E-state index contributed by atoms with van der Waals surface area (Å²) in [4.78, 5) is 32.8. The average molecular weight is 357 g/mol. The number of ether oxygens (including phenoxy) is 1. The standard InChI is InChI=1S/C19H23N3O4/c1-25-11-10-22-17(23)12-15(19(22)24)21-8-6-13(7-9-21)18-20-14-4-2-3-5-16(14)26-18/h2-5,13,15H,6-12H2,1H3/t15-/m0/s1. The van der Waals surface area contributed by atoms with Crippen LogP contribution in [0.25, 0.3) is 11.1 Å². The van der Waals surface area contributed by atoms with Crippen LogP contribution >= 0.6 is 0 Å². The first-order valence-corrected chi connectivity index (χ1v) is 9.10. The number of benzene rings is 1. The highest BCUT2D eigenvalue weighted by molar-refractivity contribution is 6.05. The molecule has 138 valence electrons. The molecule has 1 atom stereocenters. The van der Waals surface area contributed by atoms with Crippen LogP contribution in [0.15, 0.2) is 28.7 Å². The second kappa shape index (κ2) is 7.17. The number of aromatic nitrogens is 1. The maximum atomic E-state index is 12.6. The number of methoxy groups -OCH3 is 1. The Morgan fingerprint density at radius 1 is 1.23 bits per heavy atom. The molecule has 3 heterocycles. The van der Waals surface area contributed by atoms with E-state index in [4.69, 9.17) is 9.15 Å². The Morgan fingerprint density at radius 3 is 2.73 bits per heavy atom. The van der Waals surface area contributed by atoms with Gasteiger partial charge in [-0.3, -0.25) is 19.4 Å². The molecular weight excluding hydrogens is 334 g/mol. The van der Waals surface area contributed by atoms with Gasteiger partial charge in [-0.2, -0.15) is 0 Å². The molecular formula is C19H23N3O4. The number of carbonyl (C=O) groups excluding carboxylic acids is 2. The summed E-state index contributed by atoms with van der Waals surface area (Å²) in [6.45, 7) is 2.25. The minimum Gasteiger partial charge on any atom is -0.440 e. The van der Waals surface area contributed by atoms with Crippen molar-refractivity contribution in [2.45, 2.75) is 31.2 Å². The number of para-hydroxylation sites is 2. The lowest BCUT2D eigenvalue weighted by molar-refractivity contribution is -0.140. The summed E-state index contributed by atoms with van der Waals surface area (Å²) >= 11 is 0. The highest BCUT2D eigenvalue weighted by atomic mass is 16.5. The Labute approximate surface area is 151 Å². The van der Waals surface area contributed by atoms with Crippen LogP contribution < -0.4 is 0 Å². The first kappa shape index (κ1) is 17.2. The molecule has 7 heteroatoms. The predicted octanol–water partition coefficient (Wildman–Crippen LogP) is 1.78. The van der Waals surface area contributed by atoms with E-state index in [9.17, 15) is 9.59 Å². The molecule has 2 fully saturated rings. The van der Waals surface area contributed by atoms with E-state index in [2.05, 4.69) is 9.88 Å². The first-order chi connectivity index (χ1) is 12.7. The van der Waals surface area contributed by atoms with Gasteiger partial charge in [0.15, 0.2) is 11.5 Å².